The van der Waals surface area contributed by atoms with E-state index >= 15 is 0 Å². The van der Waals surface area contributed by atoms with Crippen LogP contribution in [0.2, 0.25) is 0 Å². The van der Waals surface area contributed by atoms with Gasteiger partial charge in [0, 0.05) is 17.5 Å². The number of hydrogen-bond donors (Lipinski definition) is 0. The lowest BCUT2D eigenvalue weighted by atomic mass is 10.2. The van der Waals surface area contributed by atoms with Gasteiger partial charge >= 0.3 is 0 Å². The second-order valence-electron chi connectivity index (χ2n) is 5.13. The van der Waals surface area contributed by atoms with Crippen LogP contribution in [0.5, 0.6) is 0 Å². The molecule has 0 aliphatic carbocycles. The Morgan fingerprint density at radius 3 is 2.55 bits per heavy atom. The van der Waals surface area contributed by atoms with Gasteiger partial charge in [0.25, 0.3) is 5.56 Å². The van der Waals surface area contributed by atoms with Crippen LogP contribution >= 0.6 is 0 Å². The average Bonchev–Trinajstić information content (AvgIpc) is 3.02. The van der Waals surface area contributed by atoms with E-state index in [-0.39, 0.29) is 5.56 Å². The molecule has 0 unspecified atom stereocenters. The fraction of sp³-hybridized carbons (Fsp3) is 0.111. The summed E-state index contributed by atoms with van der Waals surface area (Å²) in [4.78, 5) is 17.1. The normalized spacial score (nSPS) is 11.3. The van der Waals surface area contributed by atoms with Crippen LogP contribution in [0.4, 0.5) is 0 Å². The minimum atomic E-state index is -0.109. The molecule has 0 spiro atoms. The molecule has 0 saturated heterocycles. The predicted octanol–water partition coefficient (Wildman–Crippen LogP) is 3.83. The van der Waals surface area contributed by atoms with Gasteiger partial charge in [0.15, 0.2) is 11.1 Å². The Morgan fingerprint density at radius 1 is 1.05 bits per heavy atom. The highest BCUT2D eigenvalue weighted by molar-refractivity contribution is 6.01. The minimum absolute atomic E-state index is 0.109. The number of aromatic nitrogens is 2. The number of aryl methyl sites for hydroxylation is 1. The van der Waals surface area contributed by atoms with E-state index in [0.29, 0.717) is 23.5 Å². The van der Waals surface area contributed by atoms with E-state index in [1.807, 2.05) is 61.5 Å². The van der Waals surface area contributed by atoms with Crippen LogP contribution in [-0.4, -0.2) is 9.55 Å². The summed E-state index contributed by atoms with van der Waals surface area (Å²) in [6.07, 6.45) is 0. The molecular formula is C18H14N2O2. The van der Waals surface area contributed by atoms with Gasteiger partial charge in [-0.05, 0) is 31.2 Å². The first-order valence-electron chi connectivity index (χ1n) is 7.27. The van der Waals surface area contributed by atoms with E-state index in [1.165, 1.54) is 0 Å². The van der Waals surface area contributed by atoms with Gasteiger partial charge in [0.1, 0.15) is 0 Å². The molecule has 0 N–H and O–H groups in total. The molecular weight excluding hydrogens is 276 g/mol. The van der Waals surface area contributed by atoms with Crippen molar-refractivity contribution in [2.45, 2.75) is 13.5 Å². The average molecular weight is 290 g/mol. The number of fused-ring (bicyclic) bond motifs is 3. The van der Waals surface area contributed by atoms with E-state index in [2.05, 4.69) is 4.98 Å². The smallest absolute Gasteiger partial charge is 0.280 e. The third-order valence-corrected chi connectivity index (χ3v) is 3.85. The molecule has 4 nitrogen and oxygen atoms in total. The predicted molar refractivity (Wildman–Crippen MR) is 86.9 cm³/mol. The van der Waals surface area contributed by atoms with Gasteiger partial charge in [0.05, 0.1) is 5.52 Å². The summed E-state index contributed by atoms with van der Waals surface area (Å²) >= 11 is 0. The van der Waals surface area contributed by atoms with Crippen LogP contribution in [0.25, 0.3) is 33.5 Å². The number of oxazole rings is 1. The number of benzene rings is 2. The van der Waals surface area contributed by atoms with Crippen molar-refractivity contribution >= 4 is 22.0 Å². The van der Waals surface area contributed by atoms with Crippen molar-refractivity contribution < 1.29 is 4.42 Å². The summed E-state index contributed by atoms with van der Waals surface area (Å²) in [7, 11) is 0. The van der Waals surface area contributed by atoms with Gasteiger partial charge in [-0.25, -0.2) is 4.98 Å². The van der Waals surface area contributed by atoms with E-state index in [4.69, 9.17) is 4.42 Å². The lowest BCUT2D eigenvalue weighted by Crippen LogP contribution is -2.19. The molecule has 2 aromatic carbocycles. The molecule has 4 heteroatoms. The van der Waals surface area contributed by atoms with Gasteiger partial charge in [-0.15, -0.1) is 0 Å². The number of nitrogens with zero attached hydrogens (tertiary/aromatic N) is 2. The summed E-state index contributed by atoms with van der Waals surface area (Å²) in [5.74, 6) is 0.478. The molecule has 0 amide bonds. The fourth-order valence-corrected chi connectivity index (χ4v) is 2.80. The zero-order chi connectivity index (χ0) is 15.1. The molecule has 108 valence electrons. The molecule has 2 aromatic heterocycles. The van der Waals surface area contributed by atoms with Crippen molar-refractivity contribution in [3.05, 3.63) is 65.0 Å². The Morgan fingerprint density at radius 2 is 1.77 bits per heavy atom. The zero-order valence-corrected chi connectivity index (χ0v) is 12.1. The van der Waals surface area contributed by atoms with E-state index in [0.717, 1.165) is 16.5 Å². The maximum Gasteiger partial charge on any atom is 0.280 e. The lowest BCUT2D eigenvalue weighted by molar-refractivity contribution is 0.622. The highest BCUT2D eigenvalue weighted by Gasteiger charge is 2.16. The molecule has 0 fully saturated rings. The molecule has 0 aliphatic heterocycles. The molecule has 0 aliphatic rings. The molecule has 0 radical (unpaired) electrons. The number of rotatable bonds is 2. The first-order valence-corrected chi connectivity index (χ1v) is 7.27. The van der Waals surface area contributed by atoms with Crippen LogP contribution in [0, 0.1) is 0 Å². The summed E-state index contributed by atoms with van der Waals surface area (Å²) in [6.45, 7) is 2.56. The van der Waals surface area contributed by atoms with Gasteiger partial charge in [-0.1, -0.05) is 30.3 Å². The van der Waals surface area contributed by atoms with Crippen LogP contribution in [0.1, 0.15) is 6.92 Å². The van der Waals surface area contributed by atoms with Crippen molar-refractivity contribution in [1.29, 1.82) is 0 Å². The minimum Gasteiger partial charge on any atom is -0.435 e. The summed E-state index contributed by atoms with van der Waals surface area (Å²) < 4.78 is 7.65. The van der Waals surface area contributed by atoms with Crippen molar-refractivity contribution in [3.63, 3.8) is 0 Å². The van der Waals surface area contributed by atoms with Crippen LogP contribution in [0.3, 0.4) is 0 Å². The van der Waals surface area contributed by atoms with Crippen LogP contribution < -0.4 is 5.56 Å². The highest BCUT2D eigenvalue weighted by atomic mass is 16.3. The first kappa shape index (κ1) is 12.8. The number of para-hydroxylation sites is 1. The van der Waals surface area contributed by atoms with Gasteiger partial charge in [-0.2, -0.15) is 0 Å². The monoisotopic (exact) mass is 290 g/mol. The fourth-order valence-electron chi connectivity index (χ4n) is 2.80. The Balaban J connectivity index is 2.14. The summed E-state index contributed by atoms with van der Waals surface area (Å²) in [5, 5.41) is 0.911. The van der Waals surface area contributed by atoms with Crippen molar-refractivity contribution in [2.24, 2.45) is 0 Å². The summed E-state index contributed by atoms with van der Waals surface area (Å²) in [6, 6.07) is 17.4. The number of hydrogen-bond acceptors (Lipinski definition) is 3. The molecule has 22 heavy (non-hydrogen) atoms. The molecule has 4 rings (SSSR count). The molecule has 0 bridgehead atoms. The van der Waals surface area contributed by atoms with Gasteiger partial charge in [0.2, 0.25) is 5.89 Å². The second kappa shape index (κ2) is 4.84. The van der Waals surface area contributed by atoms with E-state index in [1.54, 1.807) is 4.57 Å². The highest BCUT2D eigenvalue weighted by Crippen LogP contribution is 2.27. The maximum atomic E-state index is 12.7. The Bertz CT molecular complexity index is 1030. The van der Waals surface area contributed by atoms with Crippen LogP contribution in [0.15, 0.2) is 63.8 Å². The topological polar surface area (TPSA) is 48.0 Å². The standard InChI is InChI=1S/C18H14N2O2/c1-2-20-14-11-7-6-10-13(14)16-15(18(20)21)19-17(22-16)12-8-4-3-5-9-12/h3-11H,2H2,1H3. The van der Waals surface area contributed by atoms with E-state index in [9.17, 15) is 4.79 Å². The first-order chi connectivity index (χ1) is 10.8. The zero-order valence-electron chi connectivity index (χ0n) is 12.1. The SMILES string of the molecule is CCn1c(=O)c2nc(-c3ccccc3)oc2c2ccccc21. The molecule has 0 atom stereocenters. The molecule has 2 heterocycles. The summed E-state index contributed by atoms with van der Waals surface area (Å²) in [5.41, 5.74) is 2.58. The second-order valence-corrected chi connectivity index (χ2v) is 5.13. The lowest BCUT2D eigenvalue weighted by Gasteiger charge is -2.06. The van der Waals surface area contributed by atoms with Crippen molar-refractivity contribution in [2.75, 3.05) is 0 Å². The number of pyridine rings is 1. The quantitative estimate of drug-likeness (QED) is 0.563. The van der Waals surface area contributed by atoms with Crippen molar-refractivity contribution in [3.8, 4) is 11.5 Å². The Labute approximate surface area is 126 Å². The third kappa shape index (κ3) is 1.77. The van der Waals surface area contributed by atoms with E-state index < -0.39 is 0 Å². The third-order valence-electron chi connectivity index (χ3n) is 3.85. The Kier molecular flexibility index (Phi) is 2.82. The maximum absolute atomic E-state index is 12.7. The Hall–Kier alpha value is -2.88. The molecule has 4 aromatic rings. The molecule has 0 saturated carbocycles. The largest absolute Gasteiger partial charge is 0.435 e. The van der Waals surface area contributed by atoms with Gasteiger partial charge in [-0.3, -0.25) is 4.79 Å². The van der Waals surface area contributed by atoms with Crippen molar-refractivity contribution in [1.82, 2.24) is 9.55 Å². The van der Waals surface area contributed by atoms with Gasteiger partial charge < -0.3 is 8.98 Å². The van der Waals surface area contributed by atoms with Crippen LogP contribution in [-0.2, 0) is 6.54 Å².